The molecule has 0 aliphatic carbocycles. The number of carbonyl (C=O) groups is 1. The van der Waals surface area contributed by atoms with E-state index in [1.165, 1.54) is 19.6 Å². The fourth-order valence-corrected chi connectivity index (χ4v) is 1.14. The Bertz CT molecular complexity index is 150. The van der Waals surface area contributed by atoms with Gasteiger partial charge in [0.05, 0.1) is 6.61 Å². The molecule has 0 radical (unpaired) electrons. The highest BCUT2D eigenvalue weighted by Crippen LogP contribution is 2.04. The van der Waals surface area contributed by atoms with Gasteiger partial charge in [-0.25, -0.2) is 0 Å². The van der Waals surface area contributed by atoms with E-state index in [0.29, 0.717) is 6.61 Å². The van der Waals surface area contributed by atoms with Crippen LogP contribution in [0.4, 0.5) is 4.79 Å². The topological polar surface area (TPSA) is 29.5 Å². The van der Waals surface area contributed by atoms with Gasteiger partial charge in [-0.3, -0.25) is 4.79 Å². The van der Waals surface area contributed by atoms with Crippen LogP contribution in [0.25, 0.3) is 0 Å². The Morgan fingerprint density at radius 1 is 1.13 bits per heavy atom. The zero-order valence-electron chi connectivity index (χ0n) is 9.93. The smallest absolute Gasteiger partial charge is 0.425 e. The van der Waals surface area contributed by atoms with E-state index in [-0.39, 0.29) is 10.2 Å². The van der Waals surface area contributed by atoms with E-state index in [0.717, 1.165) is 0 Å². The van der Waals surface area contributed by atoms with Crippen molar-refractivity contribution in [2.75, 3.05) is 26.2 Å². The van der Waals surface area contributed by atoms with Gasteiger partial charge in [0.25, 0.3) is 5.87 Å². The summed E-state index contributed by atoms with van der Waals surface area (Å²) in [5.41, 5.74) is 0. The lowest BCUT2D eigenvalue weighted by molar-refractivity contribution is 0.179. The molecule has 0 aromatic rings. The molecule has 0 atom stereocenters. The van der Waals surface area contributed by atoms with Crippen molar-refractivity contribution in [3.8, 4) is 0 Å². The largest absolute Gasteiger partial charge is 0.472 e. The molecule has 3 nitrogen and oxygen atoms in total. The molecule has 0 saturated carbocycles. The lowest BCUT2D eigenvalue weighted by Gasteiger charge is -2.13. The normalized spacial score (nSPS) is 9.27. The van der Waals surface area contributed by atoms with Crippen molar-refractivity contribution in [2.24, 2.45) is 0 Å². The zero-order valence-corrected chi connectivity index (χ0v) is 13.1. The first-order chi connectivity index (χ1) is 7.03. The molecular weight excluding hydrogens is 325 g/mol. The first kappa shape index (κ1) is 17.8. The summed E-state index contributed by atoms with van der Waals surface area (Å²) in [6.07, 6.45) is 0. The Morgan fingerprint density at radius 3 is 1.60 bits per heavy atom. The molecule has 6 heteroatoms. The van der Waals surface area contributed by atoms with Crippen LogP contribution in [0.15, 0.2) is 0 Å². The molecule has 0 fully saturated rings. The molecule has 90 valence electrons. The summed E-state index contributed by atoms with van der Waals surface area (Å²) in [4.78, 5) is 12.8. The first-order valence-electron chi connectivity index (χ1n) is 5.20. The molecule has 0 N–H and O–H groups in total. The van der Waals surface area contributed by atoms with Crippen LogP contribution in [0.3, 0.4) is 0 Å². The standard InChI is InChI=1S/C6H15N.C3H5BBr2O2/c1-4-7(5-2)6-3;1-2-8-3(7)4(5)6/h4-6H2,1-3H3;2H2,1H3. The number of halogens is 2. The van der Waals surface area contributed by atoms with Gasteiger partial charge in [0, 0.05) is 0 Å². The summed E-state index contributed by atoms with van der Waals surface area (Å²) in [6, 6.07) is 0. The van der Waals surface area contributed by atoms with Gasteiger partial charge in [0.1, 0.15) is 0 Å². The summed E-state index contributed by atoms with van der Waals surface area (Å²) in [5.74, 6) is -0.285. The van der Waals surface area contributed by atoms with E-state index in [2.05, 4.69) is 61.9 Å². The van der Waals surface area contributed by atoms with Crippen molar-refractivity contribution in [1.29, 1.82) is 0 Å². The Hall–Kier alpha value is 0.455. The monoisotopic (exact) mass is 343 g/mol. The molecule has 0 aliphatic rings. The summed E-state index contributed by atoms with van der Waals surface area (Å²) in [7, 11) is 0. The third-order valence-corrected chi connectivity index (χ3v) is 2.55. The quantitative estimate of drug-likeness (QED) is 0.716. The minimum atomic E-state index is -0.366. The summed E-state index contributed by atoms with van der Waals surface area (Å²) >= 11 is 5.97. The van der Waals surface area contributed by atoms with Gasteiger partial charge in [-0.2, -0.15) is 0 Å². The van der Waals surface area contributed by atoms with Crippen LogP contribution < -0.4 is 0 Å². The van der Waals surface area contributed by atoms with Crippen LogP contribution in [0.5, 0.6) is 0 Å². The highest BCUT2D eigenvalue weighted by Gasteiger charge is 2.16. The molecule has 0 aliphatic heterocycles. The number of ether oxygens (including phenoxy) is 1. The number of hydrogen-bond acceptors (Lipinski definition) is 3. The summed E-state index contributed by atoms with van der Waals surface area (Å²) in [6.45, 7) is 12.3. The zero-order chi connectivity index (χ0) is 12.3. The second-order valence-corrected chi connectivity index (χ2v) is 5.73. The van der Waals surface area contributed by atoms with Crippen molar-refractivity contribution in [3.05, 3.63) is 0 Å². The number of carbonyl (C=O) groups excluding carboxylic acids is 1. The fourth-order valence-electron chi connectivity index (χ4n) is 0.876. The van der Waals surface area contributed by atoms with Crippen molar-refractivity contribution in [3.63, 3.8) is 0 Å². The van der Waals surface area contributed by atoms with Crippen LogP contribution in [-0.4, -0.2) is 41.4 Å². The second kappa shape index (κ2) is 12.5. The minimum absolute atomic E-state index is 0.285. The van der Waals surface area contributed by atoms with Crippen LogP contribution in [0.2, 0.25) is 0 Å². The first-order valence-corrected chi connectivity index (χ1v) is 7.03. The highest BCUT2D eigenvalue weighted by atomic mass is 79.9. The molecular formula is C9H20BBr2NO2. The molecule has 0 amide bonds. The highest BCUT2D eigenvalue weighted by molar-refractivity contribution is 9.50. The van der Waals surface area contributed by atoms with E-state index in [1.807, 2.05) is 0 Å². The predicted molar refractivity (Wildman–Crippen MR) is 74.1 cm³/mol. The van der Waals surface area contributed by atoms with Gasteiger partial charge in [0.15, 0.2) is 0 Å². The van der Waals surface area contributed by atoms with Gasteiger partial charge in [-0.15, -0.1) is 31.5 Å². The molecule has 15 heavy (non-hydrogen) atoms. The van der Waals surface area contributed by atoms with E-state index < -0.39 is 0 Å². The predicted octanol–water partition coefficient (Wildman–Crippen LogP) is 3.35. The third-order valence-electron chi connectivity index (χ3n) is 1.81. The van der Waals surface area contributed by atoms with Crippen LogP contribution in [0.1, 0.15) is 27.7 Å². The Morgan fingerprint density at radius 2 is 1.53 bits per heavy atom. The molecule has 0 rings (SSSR count). The van der Waals surface area contributed by atoms with Crippen molar-refractivity contribution < 1.29 is 9.53 Å². The van der Waals surface area contributed by atoms with E-state index in [9.17, 15) is 4.79 Å². The van der Waals surface area contributed by atoms with Crippen LogP contribution >= 0.6 is 31.5 Å². The lowest BCUT2D eigenvalue weighted by Crippen LogP contribution is -2.21. The fraction of sp³-hybridized carbons (Fsp3) is 0.889. The van der Waals surface area contributed by atoms with Crippen molar-refractivity contribution in [2.45, 2.75) is 27.7 Å². The van der Waals surface area contributed by atoms with E-state index >= 15 is 0 Å². The Balaban J connectivity index is 0. The number of hydrogen-bond donors (Lipinski definition) is 0. The van der Waals surface area contributed by atoms with E-state index in [4.69, 9.17) is 0 Å². The number of rotatable bonds is 5. The maximum atomic E-state index is 10.4. The maximum Gasteiger partial charge on any atom is 0.425 e. The molecule has 0 heterocycles. The van der Waals surface area contributed by atoms with Gasteiger partial charge in [-0.1, -0.05) is 20.8 Å². The van der Waals surface area contributed by atoms with Crippen molar-refractivity contribution in [1.82, 2.24) is 4.90 Å². The molecule has 0 bridgehead atoms. The van der Waals surface area contributed by atoms with Gasteiger partial charge in [-0.05, 0) is 26.6 Å². The lowest BCUT2D eigenvalue weighted by atomic mass is 10.2. The SMILES string of the molecule is CCN(CC)CC.CCOC(=O)B(Br)Br. The number of nitrogens with zero attached hydrogens (tertiary/aromatic N) is 1. The Kier molecular flexibility index (Phi) is 14.9. The molecule has 0 unspecified atom stereocenters. The molecule has 0 spiro atoms. The van der Waals surface area contributed by atoms with Gasteiger partial charge < -0.3 is 9.64 Å². The molecule has 0 saturated heterocycles. The summed E-state index contributed by atoms with van der Waals surface area (Å²) < 4.78 is 4.20. The van der Waals surface area contributed by atoms with Gasteiger partial charge in [0.2, 0.25) is 0 Å². The molecule has 0 aromatic carbocycles. The van der Waals surface area contributed by atoms with Crippen molar-refractivity contribution >= 4 is 41.7 Å². The van der Waals surface area contributed by atoms with Crippen LogP contribution in [-0.2, 0) is 4.74 Å². The van der Waals surface area contributed by atoms with Crippen LogP contribution in [0, 0.1) is 0 Å². The molecule has 0 aromatic heterocycles. The summed E-state index contributed by atoms with van der Waals surface area (Å²) in [5, 5.41) is 0. The van der Waals surface area contributed by atoms with Gasteiger partial charge >= 0.3 is 4.36 Å². The Labute approximate surface area is 110 Å². The second-order valence-electron chi connectivity index (χ2n) is 2.67. The average molecular weight is 345 g/mol. The van der Waals surface area contributed by atoms with E-state index in [1.54, 1.807) is 6.92 Å². The maximum absolute atomic E-state index is 10.4. The average Bonchev–Trinajstić information content (AvgIpc) is 2.21. The third kappa shape index (κ3) is 12.4. The minimum Gasteiger partial charge on any atom is -0.472 e.